The second-order valence-corrected chi connectivity index (χ2v) is 7.66. The molecule has 0 aliphatic carbocycles. The van der Waals surface area contributed by atoms with Crippen LogP contribution in [-0.2, 0) is 49.7 Å². The van der Waals surface area contributed by atoms with Gasteiger partial charge in [0, 0.05) is 42.7 Å². The molecule has 0 aromatic carbocycles. The monoisotopic (exact) mass is 658 g/mol. The van der Waals surface area contributed by atoms with Crippen LogP contribution in [-0.4, -0.2) is 67.9 Å². The number of amides is 2. The maximum atomic E-state index is 11.0. The summed E-state index contributed by atoms with van der Waals surface area (Å²) in [5.41, 5.74) is 2.07. The van der Waals surface area contributed by atoms with Gasteiger partial charge in [0.15, 0.2) is 0 Å². The number of imide groups is 1. The average molecular weight is 658 g/mol. The molecule has 0 bridgehead atoms. The number of rotatable bonds is 3. The van der Waals surface area contributed by atoms with E-state index in [0.717, 1.165) is 44.2 Å². The molecule has 3 heterocycles. The molecule has 2 saturated heterocycles. The van der Waals surface area contributed by atoms with Crippen LogP contribution in [0.15, 0.2) is 23.3 Å². The molecular formula is C25H47NO7W. The van der Waals surface area contributed by atoms with Crippen LogP contribution in [0.25, 0.3) is 0 Å². The zero-order valence-electron chi connectivity index (χ0n) is 21.4. The van der Waals surface area contributed by atoms with E-state index in [1.165, 1.54) is 7.05 Å². The standard InChI is InChI=1S/C7H9NO2.C7H10O2.C6H12O2.C2H5O.2CH4.CH3.W/c1-4-5(2)7(10)8(3)6(4)9;1-3-6-4-5(2)7(8)9-6;1-6(3-7-2)4-8-5-6;1-2-3;;;;/h1-3H3;6H,2-4H2,1H3;3-5H2,1-2H3;2-3H,1H3;2*1H4;1H3;/q;;;-1;;;-1;+2/i;;;;;;1D;. The van der Waals surface area contributed by atoms with Crippen molar-refractivity contribution in [2.45, 2.75) is 68.4 Å². The zero-order chi connectivity index (χ0) is 25.5. The SMILES string of the molecule is C.C.C=C1CC(CC)OC1=O.CC1=C(C)C(=O)N(C)C1=O.COCC1(C)COC1.C[CH-]O.[2H][CH2-].[W+2]. The number of hydrogen-bond acceptors (Lipinski definition) is 7. The fourth-order valence-corrected chi connectivity index (χ4v) is 2.66. The summed E-state index contributed by atoms with van der Waals surface area (Å²) in [5.74, 6) is -0.577. The molecule has 0 spiro atoms. The van der Waals surface area contributed by atoms with Gasteiger partial charge in [-0.25, -0.2) is 12.8 Å². The molecule has 8 nitrogen and oxygen atoms in total. The largest absolute Gasteiger partial charge is 2.00 e. The summed E-state index contributed by atoms with van der Waals surface area (Å²) in [6, 6.07) is 0. The van der Waals surface area contributed by atoms with Gasteiger partial charge in [0.2, 0.25) is 0 Å². The van der Waals surface area contributed by atoms with Gasteiger partial charge in [-0.15, -0.1) is 0 Å². The first kappa shape index (κ1) is 39.9. The number of methoxy groups -OCH3 is 1. The Morgan fingerprint density at radius 1 is 1.24 bits per heavy atom. The number of likely N-dealkylation sites (N-methyl/N-ethyl adjacent to an activating group) is 1. The van der Waals surface area contributed by atoms with Crippen LogP contribution in [0.4, 0.5) is 0 Å². The van der Waals surface area contributed by atoms with Gasteiger partial charge in [-0.2, -0.15) is 6.92 Å². The Morgan fingerprint density at radius 3 is 1.76 bits per heavy atom. The van der Waals surface area contributed by atoms with Crippen LogP contribution < -0.4 is 0 Å². The van der Waals surface area contributed by atoms with Gasteiger partial charge in [0.25, 0.3) is 11.8 Å². The summed E-state index contributed by atoms with van der Waals surface area (Å²) in [6.45, 7) is 16.2. The molecular weight excluding hydrogens is 610 g/mol. The third-order valence-corrected chi connectivity index (χ3v) is 4.70. The molecule has 1 atom stereocenters. The molecule has 1 N–H and O–H groups in total. The first-order chi connectivity index (χ1) is 15.0. The van der Waals surface area contributed by atoms with E-state index in [2.05, 4.69) is 20.9 Å². The van der Waals surface area contributed by atoms with Crippen molar-refractivity contribution >= 4 is 17.8 Å². The van der Waals surface area contributed by atoms with Crippen LogP contribution in [0.2, 0.25) is 0 Å². The van der Waals surface area contributed by atoms with E-state index in [1.54, 1.807) is 27.9 Å². The maximum absolute atomic E-state index is 11.0. The molecule has 3 rings (SSSR count). The van der Waals surface area contributed by atoms with Crippen LogP contribution >= 0.6 is 0 Å². The molecule has 3 aliphatic heterocycles. The first-order valence-corrected chi connectivity index (χ1v) is 9.85. The summed E-state index contributed by atoms with van der Waals surface area (Å²) >= 11 is 0. The van der Waals surface area contributed by atoms with Gasteiger partial charge >= 0.3 is 27.0 Å². The van der Waals surface area contributed by atoms with E-state index >= 15 is 0 Å². The summed E-state index contributed by atoms with van der Waals surface area (Å²) in [5, 5.41) is 7.44. The molecule has 0 radical (unpaired) electrons. The molecule has 34 heavy (non-hydrogen) atoms. The third-order valence-electron chi connectivity index (χ3n) is 4.70. The van der Waals surface area contributed by atoms with E-state index in [1.807, 2.05) is 6.92 Å². The quantitative estimate of drug-likeness (QED) is 0.206. The first-order valence-electron chi connectivity index (χ1n) is 10.6. The van der Waals surface area contributed by atoms with Crippen LogP contribution in [0, 0.1) is 19.4 Å². The van der Waals surface area contributed by atoms with Gasteiger partial charge in [-0.05, 0) is 20.3 Å². The van der Waals surface area contributed by atoms with Crippen molar-refractivity contribution in [3.63, 3.8) is 0 Å². The molecule has 3 aliphatic rings. The summed E-state index contributed by atoms with van der Waals surface area (Å²) in [6.07, 6.45) is 1.71. The van der Waals surface area contributed by atoms with Crippen LogP contribution in [0.1, 0.15) is 63.7 Å². The van der Waals surface area contributed by atoms with Crippen molar-refractivity contribution in [3.8, 4) is 0 Å². The van der Waals surface area contributed by atoms with Crippen LogP contribution in [0.5, 0.6) is 0 Å². The van der Waals surface area contributed by atoms with E-state index < -0.39 is 0 Å². The normalized spacial score (nSPS) is 19.3. The predicted octanol–water partition coefficient (Wildman–Crippen LogP) is 4.52. The molecule has 0 aromatic heterocycles. The van der Waals surface area contributed by atoms with E-state index in [9.17, 15) is 14.4 Å². The number of aliphatic hydroxyl groups excluding tert-OH is 1. The number of hydrogen-bond donors (Lipinski definition) is 1. The minimum Gasteiger partial charge on any atom is -0.566 e. The Bertz CT molecular complexity index is 624. The Balaban J connectivity index is -0.000000114. The number of ether oxygens (including phenoxy) is 3. The number of aliphatic hydroxyl groups is 1. The predicted molar refractivity (Wildman–Crippen MR) is 133 cm³/mol. The van der Waals surface area contributed by atoms with E-state index in [0.29, 0.717) is 22.1 Å². The van der Waals surface area contributed by atoms with Crippen molar-refractivity contribution in [3.05, 3.63) is 37.3 Å². The summed E-state index contributed by atoms with van der Waals surface area (Å²) in [4.78, 5) is 33.7. The number of carbonyl (C=O) groups excluding carboxylic acids is 3. The number of cyclic esters (lactones) is 1. The third kappa shape index (κ3) is 13.5. The molecule has 2 amide bonds. The van der Waals surface area contributed by atoms with Gasteiger partial charge in [0.1, 0.15) is 6.10 Å². The van der Waals surface area contributed by atoms with Gasteiger partial charge in [-0.1, -0.05) is 35.3 Å². The molecule has 1 unspecified atom stereocenters. The van der Waals surface area contributed by atoms with Crippen molar-refractivity contribution in [1.29, 1.82) is 0 Å². The minimum atomic E-state index is -0.221. The Labute approximate surface area is 223 Å². The Hall–Kier alpha value is -1.34. The Kier molecular flexibility index (Phi) is 24.6. The smallest absolute Gasteiger partial charge is 0.566 e. The Morgan fingerprint density at radius 2 is 1.65 bits per heavy atom. The van der Waals surface area contributed by atoms with Gasteiger partial charge < -0.3 is 26.7 Å². The molecule has 200 valence electrons. The second kappa shape index (κ2) is 21.0. The van der Waals surface area contributed by atoms with E-state index in [4.69, 9.17) is 20.7 Å². The fraction of sp³-hybridized carbons (Fsp3) is 0.640. The molecule has 9 heteroatoms. The second-order valence-electron chi connectivity index (χ2n) is 7.66. The molecule has 0 saturated carbocycles. The van der Waals surface area contributed by atoms with Gasteiger partial charge in [0.05, 0.1) is 19.8 Å². The maximum Gasteiger partial charge on any atom is 2.00 e. The van der Waals surface area contributed by atoms with Crippen molar-refractivity contribution in [2.24, 2.45) is 5.41 Å². The number of esters is 1. The summed E-state index contributed by atoms with van der Waals surface area (Å²) in [7, 11) is 5.72. The average Bonchev–Trinajstić information content (AvgIpc) is 3.17. The van der Waals surface area contributed by atoms with E-state index in [-0.39, 0.29) is 59.8 Å². The van der Waals surface area contributed by atoms with Crippen LogP contribution in [0.3, 0.4) is 0 Å². The van der Waals surface area contributed by atoms with Crippen molar-refractivity contribution < 1.29 is 56.1 Å². The molecule has 0 aromatic rings. The number of nitrogens with zero attached hydrogens (tertiary/aromatic N) is 1. The van der Waals surface area contributed by atoms with Crippen molar-refractivity contribution in [1.82, 2.24) is 4.90 Å². The zero-order valence-corrected chi connectivity index (χ0v) is 23.3. The topological polar surface area (TPSA) is 102 Å². The molecule has 2 fully saturated rings. The minimum absolute atomic E-state index is 0. The number of carbonyl (C=O) groups is 3. The van der Waals surface area contributed by atoms with Crippen molar-refractivity contribution in [2.75, 3.05) is 34.0 Å². The summed E-state index contributed by atoms with van der Waals surface area (Å²) < 4.78 is 20.4. The van der Waals surface area contributed by atoms with Gasteiger partial charge in [-0.3, -0.25) is 14.5 Å². The fourth-order valence-electron chi connectivity index (χ4n) is 2.66.